The van der Waals surface area contributed by atoms with E-state index in [1.165, 1.54) is 7.11 Å². The van der Waals surface area contributed by atoms with Crippen molar-refractivity contribution in [3.63, 3.8) is 0 Å². The number of hydrogen-bond acceptors (Lipinski definition) is 7. The Balaban J connectivity index is 0.000000741. The van der Waals surface area contributed by atoms with Crippen LogP contribution in [0.5, 0.6) is 0 Å². The molecule has 0 spiro atoms. The van der Waals surface area contributed by atoms with Gasteiger partial charge in [-0.1, -0.05) is 32.9 Å². The Bertz CT molecular complexity index is 492. The summed E-state index contributed by atoms with van der Waals surface area (Å²) in [4.78, 5) is 18.8. The molecule has 0 amide bonds. The van der Waals surface area contributed by atoms with E-state index in [-0.39, 0.29) is 17.5 Å². The Morgan fingerprint density at radius 2 is 1.79 bits per heavy atom. The van der Waals surface area contributed by atoms with E-state index in [2.05, 4.69) is 30.1 Å². The fourth-order valence-corrected chi connectivity index (χ4v) is 0.940. The van der Waals surface area contributed by atoms with Gasteiger partial charge in [0, 0.05) is 6.92 Å². The van der Waals surface area contributed by atoms with Gasteiger partial charge in [0.15, 0.2) is 0 Å². The predicted octanol–water partition coefficient (Wildman–Crippen LogP) is 2.00. The van der Waals surface area contributed by atoms with Crippen molar-refractivity contribution in [3.8, 4) is 11.6 Å². The fraction of sp³-hybridized carbons (Fsp3) is 0.545. The minimum Gasteiger partial charge on any atom is -0.463 e. The van der Waals surface area contributed by atoms with Crippen LogP contribution < -0.4 is 0 Å². The molecule has 0 unspecified atom stereocenters. The largest absolute Gasteiger partial charge is 0.463 e. The smallest absolute Gasteiger partial charge is 0.375 e. The Hall–Kier alpha value is -2.25. The highest BCUT2D eigenvalue weighted by Gasteiger charge is 2.16. The summed E-state index contributed by atoms with van der Waals surface area (Å²) in [6.45, 7) is 9.64. The minimum absolute atomic E-state index is 0.00467. The first-order valence-electron chi connectivity index (χ1n) is 6.02. The van der Waals surface area contributed by atoms with Crippen LogP contribution in [0.2, 0.25) is 0 Å². The van der Waals surface area contributed by atoms with E-state index in [9.17, 15) is 4.79 Å². The van der Waals surface area contributed by atoms with Gasteiger partial charge in [0.25, 0.3) is 0 Å². The molecule has 0 saturated heterocycles. The van der Waals surface area contributed by atoms with Crippen LogP contribution in [0.3, 0.4) is 0 Å². The van der Waals surface area contributed by atoms with E-state index in [1.807, 2.05) is 27.7 Å². The molecule has 0 saturated carbocycles. The van der Waals surface area contributed by atoms with Gasteiger partial charge in [-0.15, -0.1) is 5.10 Å². The van der Waals surface area contributed by atoms with E-state index in [1.54, 1.807) is 6.92 Å². The van der Waals surface area contributed by atoms with E-state index < -0.39 is 5.97 Å². The third kappa shape index (κ3) is 4.49. The molecule has 0 aliphatic carbocycles. The number of esters is 1. The van der Waals surface area contributed by atoms with Crippen LogP contribution in [0.15, 0.2) is 4.52 Å². The van der Waals surface area contributed by atoms with Crippen molar-refractivity contribution < 1.29 is 14.1 Å². The van der Waals surface area contributed by atoms with Gasteiger partial charge in [0.05, 0.1) is 7.11 Å². The first-order chi connectivity index (χ1) is 9.20. The number of rotatable bonds is 2. The maximum Gasteiger partial charge on any atom is 0.375 e. The zero-order valence-corrected chi connectivity index (χ0v) is 12.0. The Morgan fingerprint density at radius 1 is 1.16 bits per heavy atom. The van der Waals surface area contributed by atoms with Crippen molar-refractivity contribution in [1.82, 2.24) is 25.3 Å². The number of methoxy groups -OCH3 is 1. The molecule has 2 rings (SSSR count). The van der Waals surface area contributed by atoms with Gasteiger partial charge in [0.1, 0.15) is 0 Å². The lowest BCUT2D eigenvalue weighted by molar-refractivity contribution is 0.0587. The van der Waals surface area contributed by atoms with Gasteiger partial charge in [-0.25, -0.2) is 4.79 Å². The molecular weight excluding hydrogens is 250 g/mol. The van der Waals surface area contributed by atoms with Gasteiger partial charge in [-0.05, 0) is 0 Å². The Morgan fingerprint density at radius 3 is 2.26 bits per heavy atom. The third-order valence-corrected chi connectivity index (χ3v) is 1.59. The predicted molar refractivity (Wildman–Crippen MR) is 68.4 cm³/mol. The molecule has 0 aromatic carbocycles. The van der Waals surface area contributed by atoms with Crippen molar-refractivity contribution in [2.75, 3.05) is 7.11 Å². The van der Waals surface area contributed by atoms with Gasteiger partial charge in [0.2, 0.25) is 23.4 Å². The highest BCUT2D eigenvalue weighted by molar-refractivity contribution is 5.85. The Kier molecular flexibility index (Phi) is 7.74. The van der Waals surface area contributed by atoms with Crippen LogP contribution in [0.25, 0.3) is 11.6 Å². The summed E-state index contributed by atoms with van der Waals surface area (Å²) in [5.74, 6) is 0.199. The summed E-state index contributed by atoms with van der Waals surface area (Å²) in [7, 11) is 1.25. The number of aromatic nitrogens is 5. The monoisotopic (exact) mass is 269 g/mol. The van der Waals surface area contributed by atoms with Crippen LogP contribution in [0, 0.1) is 6.92 Å². The van der Waals surface area contributed by atoms with Crippen LogP contribution in [0.1, 0.15) is 44.2 Å². The molecule has 8 nitrogen and oxygen atoms in total. The maximum atomic E-state index is 11.0. The molecule has 2 heterocycles. The lowest BCUT2D eigenvalue weighted by Crippen LogP contribution is -2.03. The van der Waals surface area contributed by atoms with Crippen LogP contribution in [-0.4, -0.2) is 38.4 Å². The van der Waals surface area contributed by atoms with Crippen LogP contribution in [0.4, 0.5) is 0 Å². The molecule has 2 aromatic rings. The second-order valence-electron chi connectivity index (χ2n) is 2.64. The first-order valence-corrected chi connectivity index (χ1v) is 6.02. The third-order valence-electron chi connectivity index (χ3n) is 1.59. The molecule has 0 bridgehead atoms. The van der Waals surface area contributed by atoms with Crippen molar-refractivity contribution >= 4 is 5.97 Å². The fourth-order valence-electron chi connectivity index (χ4n) is 0.940. The molecule has 2 aromatic heterocycles. The molecular formula is C11H19N5O3. The number of carbonyl (C=O) groups excluding carboxylic acids is 1. The van der Waals surface area contributed by atoms with Crippen molar-refractivity contribution in [3.05, 3.63) is 11.7 Å². The van der Waals surface area contributed by atoms with Crippen molar-refractivity contribution in [2.45, 2.75) is 34.6 Å². The van der Waals surface area contributed by atoms with Crippen LogP contribution in [-0.2, 0) is 4.74 Å². The summed E-state index contributed by atoms with van der Waals surface area (Å²) in [5, 5.41) is 9.76. The maximum absolute atomic E-state index is 11.0. The van der Waals surface area contributed by atoms with Crippen LogP contribution >= 0.6 is 0 Å². The van der Waals surface area contributed by atoms with Crippen molar-refractivity contribution in [2.24, 2.45) is 0 Å². The summed E-state index contributed by atoms with van der Waals surface area (Å²) in [6, 6.07) is 0. The number of aryl methyl sites for hydroxylation is 1. The van der Waals surface area contributed by atoms with Crippen molar-refractivity contribution in [1.29, 1.82) is 0 Å². The van der Waals surface area contributed by atoms with Gasteiger partial charge in [-0.2, -0.15) is 9.97 Å². The average molecular weight is 269 g/mol. The standard InChI is InChI=1S/C7H7N5O3.2C2H6/c1-3-8-5(12-15-3)4-9-6(11-10-4)7(13)14-2;2*1-2/h1-2H3,(H,9,10,11);2*1-2H3. The molecule has 0 aliphatic rings. The second-order valence-corrected chi connectivity index (χ2v) is 2.64. The zero-order chi connectivity index (χ0) is 14.8. The molecule has 1 N–H and O–H groups in total. The number of aromatic amines is 1. The van der Waals surface area contributed by atoms with E-state index >= 15 is 0 Å². The minimum atomic E-state index is -0.603. The molecule has 0 fully saturated rings. The summed E-state index contributed by atoms with van der Waals surface area (Å²) in [6.07, 6.45) is 0. The van der Waals surface area contributed by atoms with Gasteiger partial charge < -0.3 is 9.26 Å². The number of nitrogens with zero attached hydrogens (tertiary/aromatic N) is 4. The SMILES string of the molecule is CC.CC.COC(=O)c1nc(-c2noc(C)n2)n[nH]1. The number of hydrogen-bond donors (Lipinski definition) is 1. The number of carbonyl (C=O) groups is 1. The highest BCUT2D eigenvalue weighted by Crippen LogP contribution is 2.09. The molecule has 0 radical (unpaired) electrons. The lowest BCUT2D eigenvalue weighted by Gasteiger charge is -1.89. The molecule has 106 valence electrons. The number of ether oxygens (including phenoxy) is 1. The molecule has 0 atom stereocenters. The van der Waals surface area contributed by atoms with Gasteiger partial charge >= 0.3 is 5.97 Å². The van der Waals surface area contributed by atoms with E-state index in [0.29, 0.717) is 5.89 Å². The first kappa shape index (κ1) is 16.8. The summed E-state index contributed by atoms with van der Waals surface area (Å²) >= 11 is 0. The Labute approximate surface area is 111 Å². The number of H-pyrrole nitrogens is 1. The molecule has 8 heteroatoms. The molecule has 0 aliphatic heterocycles. The van der Waals surface area contributed by atoms with E-state index in [4.69, 9.17) is 4.52 Å². The number of nitrogens with one attached hydrogen (secondary N) is 1. The summed E-state index contributed by atoms with van der Waals surface area (Å²) in [5.41, 5.74) is 0. The average Bonchev–Trinajstić information content (AvgIpc) is 3.11. The van der Waals surface area contributed by atoms with E-state index in [0.717, 1.165) is 0 Å². The zero-order valence-electron chi connectivity index (χ0n) is 12.0. The second kappa shape index (κ2) is 8.78. The van der Waals surface area contributed by atoms with Gasteiger partial charge in [-0.3, -0.25) is 5.10 Å². The highest BCUT2D eigenvalue weighted by atomic mass is 16.5. The quantitative estimate of drug-likeness (QED) is 0.831. The summed E-state index contributed by atoms with van der Waals surface area (Å²) < 4.78 is 9.20. The lowest BCUT2D eigenvalue weighted by atomic mass is 10.5. The normalized spacial score (nSPS) is 8.74. The topological polar surface area (TPSA) is 107 Å². The molecule has 19 heavy (non-hydrogen) atoms.